The number of aryl methyl sites for hydroxylation is 1. The van der Waals surface area contributed by atoms with Crippen LogP contribution in [0.5, 0.6) is 0 Å². The number of rotatable bonds is 7. The summed E-state index contributed by atoms with van der Waals surface area (Å²) in [5, 5.41) is 3.28. The molecule has 1 N–H and O–H groups in total. The predicted octanol–water partition coefficient (Wildman–Crippen LogP) is 2.53. The van der Waals surface area contributed by atoms with Gasteiger partial charge >= 0.3 is 0 Å². The molecule has 1 heterocycles. The Hall–Kier alpha value is -0.870. The molecule has 0 atom stereocenters. The Bertz CT molecular complexity index is 315. The van der Waals surface area contributed by atoms with Crippen molar-refractivity contribution < 1.29 is 9.15 Å². The van der Waals surface area contributed by atoms with Crippen molar-refractivity contribution in [3.05, 3.63) is 17.8 Å². The summed E-state index contributed by atoms with van der Waals surface area (Å²) in [5.74, 6) is 1.61. The van der Waals surface area contributed by atoms with Crippen molar-refractivity contribution in [3.8, 4) is 0 Å². The molecule has 98 valence electrons. The average molecular weight is 240 g/mol. The lowest BCUT2D eigenvalue weighted by molar-refractivity contribution is -0.0227. The molecular formula is C13H24N2O2. The van der Waals surface area contributed by atoms with Crippen LogP contribution in [0.2, 0.25) is 0 Å². The van der Waals surface area contributed by atoms with Crippen molar-refractivity contribution in [2.75, 3.05) is 13.1 Å². The zero-order chi connectivity index (χ0) is 12.7. The summed E-state index contributed by atoms with van der Waals surface area (Å²) < 4.78 is 11.2. The molecule has 0 radical (unpaired) electrons. The van der Waals surface area contributed by atoms with E-state index in [0.717, 1.165) is 37.6 Å². The summed E-state index contributed by atoms with van der Waals surface area (Å²) in [6.45, 7) is 10.7. The van der Waals surface area contributed by atoms with Crippen LogP contribution in [-0.4, -0.2) is 23.7 Å². The third kappa shape index (κ3) is 6.44. The van der Waals surface area contributed by atoms with Gasteiger partial charge in [0.25, 0.3) is 0 Å². The Morgan fingerprint density at radius 2 is 2.18 bits per heavy atom. The fourth-order valence-electron chi connectivity index (χ4n) is 1.36. The number of hydrogen-bond donors (Lipinski definition) is 1. The van der Waals surface area contributed by atoms with Crippen molar-refractivity contribution in [3.63, 3.8) is 0 Å². The first kappa shape index (κ1) is 14.2. The van der Waals surface area contributed by atoms with Gasteiger partial charge in [0.05, 0.1) is 11.8 Å². The second-order valence-corrected chi connectivity index (χ2v) is 5.08. The van der Waals surface area contributed by atoms with E-state index in [-0.39, 0.29) is 5.60 Å². The molecule has 0 spiro atoms. The highest BCUT2D eigenvalue weighted by atomic mass is 16.5. The largest absolute Gasteiger partial charge is 0.443 e. The fraction of sp³-hybridized carbons (Fsp3) is 0.769. The van der Waals surface area contributed by atoms with Gasteiger partial charge in [-0.25, -0.2) is 4.98 Å². The van der Waals surface area contributed by atoms with Gasteiger partial charge in [0.2, 0.25) is 0 Å². The van der Waals surface area contributed by atoms with Crippen LogP contribution < -0.4 is 5.32 Å². The topological polar surface area (TPSA) is 47.3 Å². The molecule has 0 saturated carbocycles. The number of ether oxygens (including phenoxy) is 1. The first-order valence-corrected chi connectivity index (χ1v) is 6.29. The Morgan fingerprint density at radius 3 is 2.82 bits per heavy atom. The average Bonchev–Trinajstić information content (AvgIpc) is 2.69. The van der Waals surface area contributed by atoms with Gasteiger partial charge in [-0.05, 0) is 40.3 Å². The molecule has 0 aromatic carbocycles. The highest BCUT2D eigenvalue weighted by molar-refractivity contribution is 4.93. The van der Waals surface area contributed by atoms with Gasteiger partial charge in [-0.2, -0.15) is 0 Å². The smallest absolute Gasteiger partial charge is 0.194 e. The molecule has 0 aliphatic carbocycles. The normalized spacial score (nSPS) is 12.0. The highest BCUT2D eigenvalue weighted by Crippen LogP contribution is 2.13. The van der Waals surface area contributed by atoms with Crippen LogP contribution in [-0.2, 0) is 17.8 Å². The Balaban J connectivity index is 2.28. The third-order valence-electron chi connectivity index (χ3n) is 2.24. The van der Waals surface area contributed by atoms with Crippen LogP contribution in [0.15, 0.2) is 10.6 Å². The van der Waals surface area contributed by atoms with E-state index in [2.05, 4.69) is 17.2 Å². The Kier molecular flexibility index (Phi) is 5.65. The molecule has 0 saturated heterocycles. The zero-order valence-electron chi connectivity index (χ0n) is 11.4. The molecule has 0 aliphatic rings. The fourth-order valence-corrected chi connectivity index (χ4v) is 1.36. The maximum atomic E-state index is 5.63. The summed E-state index contributed by atoms with van der Waals surface area (Å²) in [5.41, 5.74) is -0.141. The van der Waals surface area contributed by atoms with Gasteiger partial charge in [0.15, 0.2) is 5.89 Å². The molecule has 17 heavy (non-hydrogen) atoms. The monoisotopic (exact) mass is 240 g/mol. The van der Waals surface area contributed by atoms with E-state index in [9.17, 15) is 0 Å². The molecule has 1 rings (SSSR count). The molecular weight excluding hydrogens is 216 g/mol. The quantitative estimate of drug-likeness (QED) is 0.744. The number of aromatic nitrogens is 1. The third-order valence-corrected chi connectivity index (χ3v) is 2.24. The van der Waals surface area contributed by atoms with Crippen LogP contribution in [0.4, 0.5) is 0 Å². The van der Waals surface area contributed by atoms with E-state index in [1.54, 1.807) is 6.20 Å². The zero-order valence-corrected chi connectivity index (χ0v) is 11.4. The molecule has 4 heteroatoms. The summed E-state index contributed by atoms with van der Waals surface area (Å²) in [6, 6.07) is 0. The van der Waals surface area contributed by atoms with E-state index >= 15 is 0 Å². The van der Waals surface area contributed by atoms with E-state index < -0.39 is 0 Å². The summed E-state index contributed by atoms with van der Waals surface area (Å²) in [4.78, 5) is 4.24. The van der Waals surface area contributed by atoms with Crippen molar-refractivity contribution in [2.45, 2.75) is 52.7 Å². The van der Waals surface area contributed by atoms with Crippen molar-refractivity contribution in [1.29, 1.82) is 0 Å². The molecule has 0 unspecified atom stereocenters. The van der Waals surface area contributed by atoms with Crippen molar-refractivity contribution >= 4 is 0 Å². The first-order chi connectivity index (χ1) is 8.01. The first-order valence-electron chi connectivity index (χ1n) is 6.29. The van der Waals surface area contributed by atoms with Crippen molar-refractivity contribution in [1.82, 2.24) is 10.3 Å². The molecule has 0 fully saturated rings. The molecule has 1 aromatic rings. The van der Waals surface area contributed by atoms with Gasteiger partial charge in [0, 0.05) is 6.42 Å². The highest BCUT2D eigenvalue weighted by Gasteiger charge is 2.12. The molecule has 4 nitrogen and oxygen atoms in total. The minimum atomic E-state index is -0.141. The van der Waals surface area contributed by atoms with Gasteiger partial charge < -0.3 is 14.5 Å². The summed E-state index contributed by atoms with van der Waals surface area (Å²) in [7, 11) is 0. The second-order valence-electron chi connectivity index (χ2n) is 5.08. The SMILES string of the molecule is CCNCCCc1ncc(COC(C)(C)C)o1. The molecule has 1 aromatic heterocycles. The van der Waals surface area contributed by atoms with Crippen LogP contribution in [0.1, 0.15) is 45.8 Å². The van der Waals surface area contributed by atoms with Gasteiger partial charge in [-0.1, -0.05) is 6.92 Å². The van der Waals surface area contributed by atoms with Crippen LogP contribution in [0.3, 0.4) is 0 Å². The standard InChI is InChI=1S/C13H24N2O2/c1-5-14-8-6-7-12-15-9-11(17-12)10-16-13(2,3)4/h9,14H,5-8,10H2,1-4H3. The van der Waals surface area contributed by atoms with Crippen LogP contribution in [0, 0.1) is 0 Å². The lowest BCUT2D eigenvalue weighted by Crippen LogP contribution is -2.18. The minimum absolute atomic E-state index is 0.141. The van der Waals surface area contributed by atoms with Crippen LogP contribution >= 0.6 is 0 Å². The number of oxazole rings is 1. The van der Waals surface area contributed by atoms with E-state index in [0.29, 0.717) is 6.61 Å². The molecule has 0 aliphatic heterocycles. The van der Waals surface area contributed by atoms with Crippen LogP contribution in [0.25, 0.3) is 0 Å². The lowest BCUT2D eigenvalue weighted by atomic mass is 10.2. The maximum absolute atomic E-state index is 5.63. The predicted molar refractivity (Wildman–Crippen MR) is 67.9 cm³/mol. The summed E-state index contributed by atoms with van der Waals surface area (Å²) >= 11 is 0. The number of nitrogens with zero attached hydrogens (tertiary/aromatic N) is 1. The molecule has 0 bridgehead atoms. The van der Waals surface area contributed by atoms with E-state index in [1.165, 1.54) is 0 Å². The maximum Gasteiger partial charge on any atom is 0.194 e. The lowest BCUT2D eigenvalue weighted by Gasteiger charge is -2.18. The Morgan fingerprint density at radius 1 is 1.41 bits per heavy atom. The van der Waals surface area contributed by atoms with E-state index in [4.69, 9.17) is 9.15 Å². The van der Waals surface area contributed by atoms with Gasteiger partial charge in [0.1, 0.15) is 12.4 Å². The Labute approximate surface area is 104 Å². The van der Waals surface area contributed by atoms with Gasteiger partial charge in [-0.3, -0.25) is 0 Å². The van der Waals surface area contributed by atoms with E-state index in [1.807, 2.05) is 20.8 Å². The minimum Gasteiger partial charge on any atom is -0.443 e. The number of nitrogens with one attached hydrogen (secondary N) is 1. The number of hydrogen-bond acceptors (Lipinski definition) is 4. The second kappa shape index (κ2) is 6.77. The van der Waals surface area contributed by atoms with Gasteiger partial charge in [-0.15, -0.1) is 0 Å². The molecule has 0 amide bonds. The van der Waals surface area contributed by atoms with Crippen molar-refractivity contribution in [2.24, 2.45) is 0 Å². The summed E-state index contributed by atoms with van der Waals surface area (Å²) in [6.07, 6.45) is 3.69.